The number of nitrogens with one attached hydrogen (secondary N) is 2. The Kier molecular flexibility index (Phi) is 5.92. The van der Waals surface area contributed by atoms with E-state index in [-0.39, 0.29) is 36.6 Å². The first-order valence-corrected chi connectivity index (χ1v) is 11.3. The fraction of sp³-hybridized carbons (Fsp3) is 0.478. The van der Waals surface area contributed by atoms with Gasteiger partial charge in [-0.2, -0.15) is 0 Å². The molecule has 0 radical (unpaired) electrons. The molecule has 5 rings (SSSR count). The van der Waals surface area contributed by atoms with Crippen LogP contribution in [0.5, 0.6) is 0 Å². The zero-order valence-electron chi connectivity index (χ0n) is 18.3. The molecule has 2 N–H and O–H groups in total. The van der Waals surface area contributed by atoms with Gasteiger partial charge in [-0.3, -0.25) is 5.32 Å². The molecule has 2 aromatic heterocycles. The zero-order valence-corrected chi connectivity index (χ0v) is 18.3. The summed E-state index contributed by atoms with van der Waals surface area (Å²) in [6.07, 6.45) is 5.10. The second-order valence-electron chi connectivity index (χ2n) is 8.75. The number of aryl methyl sites for hydroxylation is 1. The second-order valence-corrected chi connectivity index (χ2v) is 8.75. The highest BCUT2D eigenvalue weighted by Crippen LogP contribution is 2.34. The number of urea groups is 1. The Morgan fingerprint density at radius 3 is 2.70 bits per heavy atom. The van der Waals surface area contributed by atoms with Crippen molar-refractivity contribution in [3.05, 3.63) is 36.5 Å². The van der Waals surface area contributed by atoms with E-state index in [4.69, 9.17) is 4.42 Å². The second kappa shape index (κ2) is 9.01. The smallest absolute Gasteiger partial charge is 0.324 e. The molecule has 0 saturated carbocycles. The number of piperidine rings is 2. The summed E-state index contributed by atoms with van der Waals surface area (Å²) in [6.45, 7) is 1.48. The molecule has 2 amide bonds. The van der Waals surface area contributed by atoms with Crippen LogP contribution in [0.15, 0.2) is 35.0 Å². The van der Waals surface area contributed by atoms with Gasteiger partial charge in [0.2, 0.25) is 5.95 Å². The van der Waals surface area contributed by atoms with E-state index < -0.39 is 6.43 Å². The molecule has 2 aliphatic rings. The Balaban J connectivity index is 1.31. The predicted octanol–water partition coefficient (Wildman–Crippen LogP) is 4.37. The minimum Gasteiger partial charge on any atom is -0.441 e. The summed E-state index contributed by atoms with van der Waals surface area (Å²) in [7, 11) is 0. The van der Waals surface area contributed by atoms with E-state index in [1.807, 2.05) is 23.1 Å². The van der Waals surface area contributed by atoms with E-state index in [1.165, 1.54) is 0 Å². The third-order valence-corrected chi connectivity index (χ3v) is 6.48. The molecule has 3 aromatic rings. The number of anilines is 1. The Morgan fingerprint density at radius 2 is 2.00 bits per heavy atom. The minimum absolute atomic E-state index is 0.00779. The van der Waals surface area contributed by atoms with Crippen LogP contribution in [0.4, 0.5) is 19.5 Å². The van der Waals surface area contributed by atoms with Crippen LogP contribution < -0.4 is 10.6 Å². The zero-order chi connectivity index (χ0) is 22.9. The molecule has 8 nitrogen and oxygen atoms in total. The average Bonchev–Trinajstić information content (AvgIpc) is 3.22. The summed E-state index contributed by atoms with van der Waals surface area (Å²) < 4.78 is 30.8. The van der Waals surface area contributed by atoms with Crippen LogP contribution in [-0.4, -0.2) is 57.0 Å². The number of nitrogens with zero attached hydrogens (tertiary/aromatic N) is 4. The molecule has 4 heterocycles. The van der Waals surface area contributed by atoms with Crippen molar-refractivity contribution in [2.45, 2.75) is 63.6 Å². The highest BCUT2D eigenvalue weighted by atomic mass is 19.3. The molecule has 0 spiro atoms. The number of rotatable bonds is 5. The van der Waals surface area contributed by atoms with Crippen molar-refractivity contribution < 1.29 is 18.0 Å². The van der Waals surface area contributed by atoms with Gasteiger partial charge in [0.25, 0.3) is 6.43 Å². The van der Waals surface area contributed by atoms with Crippen LogP contribution in [0.3, 0.4) is 0 Å². The van der Waals surface area contributed by atoms with Crippen LogP contribution in [-0.2, 0) is 0 Å². The number of carbonyl (C=O) groups excluding carboxylic acids is 1. The summed E-state index contributed by atoms with van der Waals surface area (Å²) >= 11 is 0. The van der Waals surface area contributed by atoms with E-state index >= 15 is 0 Å². The summed E-state index contributed by atoms with van der Waals surface area (Å²) in [5.41, 5.74) is 1.52. The standard InChI is InChI=1S/C23H26F2N6O2/c1-13-26-11-20(33-13)14-5-6-15-10-28-22(29-19(15)7-14)30-23(32)31-17-3-2-4-18(31)9-16(8-17)27-12-21(24)25/h5-7,10-11,16-18,21,27H,2-4,8-9,12H2,1H3,(H,28,29,30,32)/t16-,17+,18-. The number of carbonyl (C=O) groups is 1. The maximum Gasteiger partial charge on any atom is 0.324 e. The summed E-state index contributed by atoms with van der Waals surface area (Å²) in [5.74, 6) is 1.46. The van der Waals surface area contributed by atoms with E-state index in [0.29, 0.717) is 30.0 Å². The van der Waals surface area contributed by atoms with Gasteiger partial charge < -0.3 is 14.6 Å². The molecule has 3 atom stereocenters. The number of hydrogen-bond acceptors (Lipinski definition) is 6. The summed E-state index contributed by atoms with van der Waals surface area (Å²) in [6, 6.07) is 5.50. The number of amides is 2. The Bertz CT molecular complexity index is 1140. The van der Waals surface area contributed by atoms with Crippen LogP contribution in [0.1, 0.15) is 38.0 Å². The van der Waals surface area contributed by atoms with E-state index in [1.54, 1.807) is 19.3 Å². The molecule has 10 heteroatoms. The van der Waals surface area contributed by atoms with Gasteiger partial charge in [0.05, 0.1) is 18.3 Å². The fourth-order valence-electron chi connectivity index (χ4n) is 5.03. The van der Waals surface area contributed by atoms with Crippen LogP contribution in [0, 0.1) is 6.92 Å². The van der Waals surface area contributed by atoms with Gasteiger partial charge in [-0.15, -0.1) is 0 Å². The lowest BCUT2D eigenvalue weighted by molar-refractivity contribution is 0.0547. The molecule has 33 heavy (non-hydrogen) atoms. The predicted molar refractivity (Wildman–Crippen MR) is 119 cm³/mol. The van der Waals surface area contributed by atoms with E-state index in [0.717, 1.165) is 30.2 Å². The van der Waals surface area contributed by atoms with E-state index in [2.05, 4.69) is 25.6 Å². The summed E-state index contributed by atoms with van der Waals surface area (Å²) in [5, 5.41) is 6.65. The topological polar surface area (TPSA) is 96.2 Å². The van der Waals surface area contributed by atoms with Crippen molar-refractivity contribution in [3.8, 4) is 11.3 Å². The Hall–Kier alpha value is -3.14. The average molecular weight is 456 g/mol. The van der Waals surface area contributed by atoms with Gasteiger partial charge in [-0.05, 0) is 38.2 Å². The first-order chi connectivity index (χ1) is 16.0. The first kappa shape index (κ1) is 21.7. The van der Waals surface area contributed by atoms with Crippen molar-refractivity contribution in [2.75, 3.05) is 11.9 Å². The van der Waals surface area contributed by atoms with Gasteiger partial charge in [0.1, 0.15) is 0 Å². The summed E-state index contributed by atoms with van der Waals surface area (Å²) in [4.78, 5) is 28.0. The normalized spacial score (nSPS) is 22.7. The molecule has 1 aromatic carbocycles. The molecular formula is C23H26F2N6O2. The van der Waals surface area contributed by atoms with Gasteiger partial charge in [0.15, 0.2) is 11.7 Å². The van der Waals surface area contributed by atoms with Gasteiger partial charge in [-0.25, -0.2) is 28.5 Å². The number of alkyl halides is 2. The third-order valence-electron chi connectivity index (χ3n) is 6.48. The van der Waals surface area contributed by atoms with Crippen LogP contribution in [0.2, 0.25) is 0 Å². The van der Waals surface area contributed by atoms with Gasteiger partial charge >= 0.3 is 6.03 Å². The van der Waals surface area contributed by atoms with Crippen molar-refractivity contribution in [1.82, 2.24) is 25.2 Å². The Morgan fingerprint density at radius 1 is 1.21 bits per heavy atom. The maximum absolute atomic E-state index is 13.2. The van der Waals surface area contributed by atoms with Crippen molar-refractivity contribution in [2.24, 2.45) is 0 Å². The lowest BCUT2D eigenvalue weighted by Gasteiger charge is -2.48. The largest absolute Gasteiger partial charge is 0.441 e. The first-order valence-electron chi connectivity index (χ1n) is 11.3. The highest BCUT2D eigenvalue weighted by molar-refractivity contribution is 5.90. The minimum atomic E-state index is -2.37. The molecule has 174 valence electrons. The maximum atomic E-state index is 13.2. The SMILES string of the molecule is Cc1ncc(-c2ccc3cnc(NC(=O)N4[C@@H]5CCC[C@H]4C[C@@H](NCC(F)F)C5)nc3c2)o1. The number of fused-ring (bicyclic) bond motifs is 3. The van der Waals surface area contributed by atoms with E-state index in [9.17, 15) is 13.6 Å². The number of hydrogen-bond donors (Lipinski definition) is 2. The third kappa shape index (κ3) is 4.66. The molecular weight excluding hydrogens is 430 g/mol. The molecule has 2 aliphatic heterocycles. The van der Waals surface area contributed by atoms with Gasteiger partial charge in [-0.1, -0.05) is 12.1 Å². The number of oxazole rings is 1. The lowest BCUT2D eigenvalue weighted by atomic mass is 9.82. The molecule has 2 fully saturated rings. The fourth-order valence-corrected chi connectivity index (χ4v) is 5.03. The van der Waals surface area contributed by atoms with Crippen LogP contribution >= 0.6 is 0 Å². The quantitative estimate of drug-likeness (QED) is 0.592. The van der Waals surface area contributed by atoms with Crippen molar-refractivity contribution >= 4 is 22.9 Å². The Labute approximate surface area is 189 Å². The van der Waals surface area contributed by atoms with Crippen LogP contribution in [0.25, 0.3) is 22.2 Å². The number of benzene rings is 1. The molecule has 2 bridgehead atoms. The number of aromatic nitrogens is 3. The molecule has 0 aliphatic carbocycles. The van der Waals surface area contributed by atoms with Crippen molar-refractivity contribution in [1.29, 1.82) is 0 Å². The highest BCUT2D eigenvalue weighted by Gasteiger charge is 2.41. The van der Waals surface area contributed by atoms with Gasteiger partial charge in [0, 0.05) is 42.2 Å². The molecule has 0 unspecified atom stereocenters. The molecule has 2 saturated heterocycles. The monoisotopic (exact) mass is 456 g/mol. The number of halogens is 2. The van der Waals surface area contributed by atoms with Crippen molar-refractivity contribution in [3.63, 3.8) is 0 Å². The lowest BCUT2D eigenvalue weighted by Crippen LogP contribution is -2.59.